The van der Waals surface area contributed by atoms with Gasteiger partial charge in [0.05, 0.1) is 19.1 Å². The molecule has 1 saturated heterocycles. The molecule has 1 aliphatic heterocycles. The zero-order valence-electron chi connectivity index (χ0n) is 12.0. The van der Waals surface area contributed by atoms with Gasteiger partial charge >= 0.3 is 0 Å². The molecule has 0 aromatic heterocycles. The predicted molar refractivity (Wildman–Crippen MR) is 78.7 cm³/mol. The monoisotopic (exact) mass is 290 g/mol. The van der Waals surface area contributed by atoms with Crippen molar-refractivity contribution in [2.75, 3.05) is 19.7 Å². The van der Waals surface area contributed by atoms with Crippen LogP contribution >= 0.6 is 12.4 Å². The van der Waals surface area contributed by atoms with E-state index in [0.29, 0.717) is 17.9 Å². The summed E-state index contributed by atoms with van der Waals surface area (Å²) in [6.07, 6.45) is 5.19. The summed E-state index contributed by atoms with van der Waals surface area (Å²) in [5, 5.41) is 6.41. The van der Waals surface area contributed by atoms with E-state index in [2.05, 4.69) is 24.5 Å². The Morgan fingerprint density at radius 2 is 2.05 bits per heavy atom. The van der Waals surface area contributed by atoms with E-state index >= 15 is 0 Å². The lowest BCUT2D eigenvalue weighted by Crippen LogP contribution is -2.44. The first kappa shape index (κ1) is 16.7. The van der Waals surface area contributed by atoms with Gasteiger partial charge in [-0.1, -0.05) is 13.8 Å². The van der Waals surface area contributed by atoms with Crippen molar-refractivity contribution in [3.05, 3.63) is 0 Å². The summed E-state index contributed by atoms with van der Waals surface area (Å²) < 4.78 is 5.55. The summed E-state index contributed by atoms with van der Waals surface area (Å²) in [7, 11) is 0. The van der Waals surface area contributed by atoms with Crippen LogP contribution in [0.4, 0.5) is 0 Å². The van der Waals surface area contributed by atoms with Crippen LogP contribution < -0.4 is 10.6 Å². The summed E-state index contributed by atoms with van der Waals surface area (Å²) in [5.74, 6) is 0.147. The smallest absolute Gasteiger partial charge is 0.222 e. The number of halogens is 1. The average Bonchev–Trinajstić information content (AvgIpc) is 2.33. The summed E-state index contributed by atoms with van der Waals surface area (Å²) in [6.45, 7) is 7.04. The molecule has 1 unspecified atom stereocenters. The molecule has 5 heteroatoms. The van der Waals surface area contributed by atoms with Crippen LogP contribution in [0, 0.1) is 5.41 Å². The number of ether oxygens (including phenoxy) is 1. The van der Waals surface area contributed by atoms with E-state index in [1.807, 2.05) is 0 Å². The molecule has 0 bridgehead atoms. The topological polar surface area (TPSA) is 50.4 Å². The predicted octanol–water partition coefficient (Wildman–Crippen LogP) is 1.87. The fourth-order valence-electron chi connectivity index (χ4n) is 2.79. The SMILES string of the molecule is CC1(C)CCC(NC(=O)CC2CNCCO2)CC1.Cl. The zero-order chi connectivity index (χ0) is 13.0. The van der Waals surface area contributed by atoms with Gasteiger partial charge in [-0.3, -0.25) is 4.79 Å². The summed E-state index contributed by atoms with van der Waals surface area (Å²) in [6, 6.07) is 0.377. The Bertz CT molecular complexity index is 281. The molecule has 2 aliphatic rings. The third kappa shape index (κ3) is 5.67. The first-order valence-electron chi connectivity index (χ1n) is 7.17. The quantitative estimate of drug-likeness (QED) is 0.834. The largest absolute Gasteiger partial charge is 0.375 e. The minimum Gasteiger partial charge on any atom is -0.375 e. The number of hydrogen-bond acceptors (Lipinski definition) is 3. The van der Waals surface area contributed by atoms with Crippen LogP contribution in [0.3, 0.4) is 0 Å². The molecule has 1 heterocycles. The second-order valence-electron chi connectivity index (χ2n) is 6.41. The molecule has 1 aliphatic carbocycles. The molecule has 0 spiro atoms. The first-order valence-corrected chi connectivity index (χ1v) is 7.17. The van der Waals surface area contributed by atoms with Crippen LogP contribution in [0.15, 0.2) is 0 Å². The minimum absolute atomic E-state index is 0. The highest BCUT2D eigenvalue weighted by Gasteiger charge is 2.28. The van der Waals surface area contributed by atoms with Crippen molar-refractivity contribution in [3.63, 3.8) is 0 Å². The van der Waals surface area contributed by atoms with Crippen molar-refractivity contribution < 1.29 is 9.53 Å². The van der Waals surface area contributed by atoms with Crippen LogP contribution in [-0.2, 0) is 9.53 Å². The van der Waals surface area contributed by atoms with E-state index in [-0.39, 0.29) is 24.4 Å². The maximum Gasteiger partial charge on any atom is 0.222 e. The number of rotatable bonds is 3. The van der Waals surface area contributed by atoms with Crippen LogP contribution in [0.25, 0.3) is 0 Å². The third-order valence-corrected chi connectivity index (χ3v) is 4.12. The van der Waals surface area contributed by atoms with Crippen molar-refractivity contribution in [3.8, 4) is 0 Å². The first-order chi connectivity index (χ1) is 8.55. The summed E-state index contributed by atoms with van der Waals surface area (Å²) in [4.78, 5) is 11.9. The maximum atomic E-state index is 11.9. The van der Waals surface area contributed by atoms with E-state index < -0.39 is 0 Å². The van der Waals surface area contributed by atoms with Gasteiger partial charge in [0.15, 0.2) is 0 Å². The number of amides is 1. The van der Waals surface area contributed by atoms with Gasteiger partial charge < -0.3 is 15.4 Å². The van der Waals surface area contributed by atoms with Gasteiger partial charge in [-0.05, 0) is 31.1 Å². The molecule has 2 fully saturated rings. The molecule has 0 radical (unpaired) electrons. The van der Waals surface area contributed by atoms with Crippen molar-refractivity contribution in [2.24, 2.45) is 5.41 Å². The van der Waals surface area contributed by atoms with Crippen LogP contribution in [0.2, 0.25) is 0 Å². The normalized spacial score (nSPS) is 27.4. The van der Waals surface area contributed by atoms with Gasteiger partial charge in [-0.2, -0.15) is 0 Å². The molecule has 4 nitrogen and oxygen atoms in total. The molecule has 0 aromatic rings. The number of nitrogens with one attached hydrogen (secondary N) is 2. The van der Waals surface area contributed by atoms with Gasteiger partial charge in [0.2, 0.25) is 5.91 Å². The van der Waals surface area contributed by atoms with Crippen LogP contribution in [-0.4, -0.2) is 37.7 Å². The fraction of sp³-hybridized carbons (Fsp3) is 0.929. The second-order valence-corrected chi connectivity index (χ2v) is 6.41. The standard InChI is InChI=1S/C14H26N2O2.ClH/c1-14(2)5-3-11(4-6-14)16-13(17)9-12-10-15-7-8-18-12;/h11-12,15H,3-10H2,1-2H3,(H,16,17);1H. The van der Waals surface area contributed by atoms with Gasteiger partial charge in [-0.25, -0.2) is 0 Å². The van der Waals surface area contributed by atoms with E-state index in [1.54, 1.807) is 0 Å². The highest BCUT2D eigenvalue weighted by molar-refractivity contribution is 5.85. The van der Waals surface area contributed by atoms with E-state index in [1.165, 1.54) is 12.8 Å². The lowest BCUT2D eigenvalue weighted by molar-refractivity contribution is -0.125. The average molecular weight is 291 g/mol. The van der Waals surface area contributed by atoms with Crippen molar-refractivity contribution >= 4 is 18.3 Å². The van der Waals surface area contributed by atoms with E-state index in [0.717, 1.165) is 32.5 Å². The Balaban J connectivity index is 0.00000180. The van der Waals surface area contributed by atoms with Gasteiger partial charge in [0.1, 0.15) is 0 Å². The summed E-state index contributed by atoms with van der Waals surface area (Å²) in [5.41, 5.74) is 0.456. The molecule has 2 rings (SSSR count). The fourth-order valence-corrected chi connectivity index (χ4v) is 2.79. The van der Waals surface area contributed by atoms with E-state index in [4.69, 9.17) is 4.74 Å². The highest BCUT2D eigenvalue weighted by atomic mass is 35.5. The number of morpholine rings is 1. The molecule has 0 aromatic carbocycles. The Morgan fingerprint density at radius 3 is 2.63 bits per heavy atom. The maximum absolute atomic E-state index is 11.9. The van der Waals surface area contributed by atoms with Crippen LogP contribution in [0.5, 0.6) is 0 Å². The molecule has 19 heavy (non-hydrogen) atoms. The Kier molecular flexibility index (Phi) is 6.57. The van der Waals surface area contributed by atoms with E-state index in [9.17, 15) is 4.79 Å². The Morgan fingerprint density at radius 1 is 1.37 bits per heavy atom. The Labute approximate surface area is 122 Å². The second kappa shape index (κ2) is 7.46. The van der Waals surface area contributed by atoms with Crippen molar-refractivity contribution in [1.29, 1.82) is 0 Å². The van der Waals surface area contributed by atoms with Gasteiger partial charge in [0, 0.05) is 19.1 Å². The minimum atomic E-state index is 0. The molecule has 112 valence electrons. The highest BCUT2D eigenvalue weighted by Crippen LogP contribution is 2.34. The number of hydrogen-bond donors (Lipinski definition) is 2. The van der Waals surface area contributed by atoms with Gasteiger partial charge in [0.25, 0.3) is 0 Å². The lowest BCUT2D eigenvalue weighted by Gasteiger charge is -2.35. The number of carbonyl (C=O) groups excluding carboxylic acids is 1. The molecule has 1 amide bonds. The van der Waals surface area contributed by atoms with Crippen molar-refractivity contribution in [2.45, 2.75) is 58.1 Å². The molecular weight excluding hydrogens is 264 g/mol. The zero-order valence-corrected chi connectivity index (χ0v) is 12.9. The Hall–Kier alpha value is -0.320. The lowest BCUT2D eigenvalue weighted by atomic mass is 9.75. The molecule has 1 atom stereocenters. The van der Waals surface area contributed by atoms with Crippen molar-refractivity contribution in [1.82, 2.24) is 10.6 Å². The molecule has 2 N–H and O–H groups in total. The summed E-state index contributed by atoms with van der Waals surface area (Å²) >= 11 is 0. The van der Waals surface area contributed by atoms with Gasteiger partial charge in [-0.15, -0.1) is 12.4 Å². The molecule has 1 saturated carbocycles. The van der Waals surface area contributed by atoms with Crippen LogP contribution in [0.1, 0.15) is 46.0 Å². The third-order valence-electron chi connectivity index (χ3n) is 4.12. The molecular formula is C14H27ClN2O2. The number of carbonyl (C=O) groups is 1.